The van der Waals surface area contributed by atoms with Gasteiger partial charge in [0, 0.05) is 6.42 Å². The van der Waals surface area contributed by atoms with Gasteiger partial charge in [-0.3, -0.25) is 4.79 Å². The number of unbranched alkanes of at least 4 members (excludes halogenated alkanes) is 32. The lowest BCUT2D eigenvalue weighted by Crippen LogP contribution is -2.45. The number of aliphatic hydroxyl groups excluding tert-OH is 2. The molecular formula is C60H109NO3. The minimum Gasteiger partial charge on any atom is -0.394 e. The number of hydrogen-bond acceptors (Lipinski definition) is 3. The highest BCUT2D eigenvalue weighted by atomic mass is 16.3. The lowest BCUT2D eigenvalue weighted by atomic mass is 10.0. The van der Waals surface area contributed by atoms with Crippen LogP contribution >= 0.6 is 0 Å². The van der Waals surface area contributed by atoms with Crippen LogP contribution in [0.5, 0.6) is 0 Å². The maximum Gasteiger partial charge on any atom is 0.220 e. The van der Waals surface area contributed by atoms with Crippen molar-refractivity contribution in [3.8, 4) is 0 Å². The van der Waals surface area contributed by atoms with Crippen molar-refractivity contribution in [1.29, 1.82) is 0 Å². The first-order valence-corrected chi connectivity index (χ1v) is 28.1. The molecule has 0 fully saturated rings. The van der Waals surface area contributed by atoms with E-state index >= 15 is 0 Å². The monoisotopic (exact) mass is 892 g/mol. The Morgan fingerprint density at radius 2 is 0.688 bits per heavy atom. The van der Waals surface area contributed by atoms with Crippen molar-refractivity contribution in [2.24, 2.45) is 0 Å². The third-order valence-corrected chi connectivity index (χ3v) is 12.7. The second-order valence-corrected chi connectivity index (χ2v) is 19.0. The van der Waals surface area contributed by atoms with Crippen LogP contribution in [-0.4, -0.2) is 34.9 Å². The second kappa shape index (κ2) is 55.2. The third kappa shape index (κ3) is 50.8. The van der Waals surface area contributed by atoms with Gasteiger partial charge in [-0.05, 0) is 64.2 Å². The number of allylic oxidation sites excluding steroid dienone is 12. The maximum absolute atomic E-state index is 12.5. The minimum absolute atomic E-state index is 0.0302. The molecule has 0 heterocycles. The Morgan fingerprint density at radius 1 is 0.391 bits per heavy atom. The van der Waals surface area contributed by atoms with Gasteiger partial charge in [-0.15, -0.1) is 0 Å². The molecule has 0 aliphatic carbocycles. The Kier molecular flexibility index (Phi) is 53.3. The van der Waals surface area contributed by atoms with Crippen LogP contribution in [0.15, 0.2) is 72.9 Å². The topological polar surface area (TPSA) is 69.6 Å². The van der Waals surface area contributed by atoms with Gasteiger partial charge in [0.2, 0.25) is 5.91 Å². The SMILES string of the molecule is CC/C=C\C/C=C\C/C=C\C/C=C\C/C=C\C/C=C\CCCCCCCCCCCCCCCCCCC(=O)NC(CO)C(O)CCCCCCCCCCCCCCCCCCC. The van der Waals surface area contributed by atoms with Crippen molar-refractivity contribution in [3.05, 3.63) is 72.9 Å². The summed E-state index contributed by atoms with van der Waals surface area (Å²) in [5.74, 6) is -0.0302. The number of aliphatic hydroxyl groups is 2. The highest BCUT2D eigenvalue weighted by molar-refractivity contribution is 5.76. The summed E-state index contributed by atoms with van der Waals surface area (Å²) >= 11 is 0. The summed E-state index contributed by atoms with van der Waals surface area (Å²) in [6, 6.07) is -0.538. The molecule has 0 aromatic rings. The molecule has 4 nitrogen and oxygen atoms in total. The van der Waals surface area contributed by atoms with Gasteiger partial charge in [0.15, 0.2) is 0 Å². The standard InChI is InChI=1S/C60H109NO3/c1-3-5-7-9-11-13-15-17-19-21-22-23-24-25-26-27-28-29-30-31-32-33-34-35-36-37-38-40-42-44-46-48-50-52-54-56-60(64)61-58(57-62)59(63)55-53-51-49-47-45-43-41-39-20-18-16-14-12-10-8-6-4-2/h5,7,11,13,17,19,22-23,25-26,28-29,58-59,62-63H,3-4,6,8-10,12,14-16,18,20-21,24,27,30-57H2,1-2H3,(H,61,64)/b7-5-,13-11-,19-17-,23-22-,26-25-,29-28-. The van der Waals surface area contributed by atoms with Gasteiger partial charge in [-0.1, -0.05) is 286 Å². The van der Waals surface area contributed by atoms with Crippen molar-refractivity contribution >= 4 is 5.91 Å². The number of carbonyl (C=O) groups is 1. The predicted octanol–water partition coefficient (Wildman–Crippen LogP) is 18.6. The molecule has 4 heteroatoms. The molecule has 0 aromatic carbocycles. The minimum atomic E-state index is -0.661. The lowest BCUT2D eigenvalue weighted by Gasteiger charge is -2.22. The molecule has 0 aliphatic heterocycles. The zero-order valence-corrected chi connectivity index (χ0v) is 42.8. The van der Waals surface area contributed by atoms with Gasteiger partial charge < -0.3 is 15.5 Å². The summed E-state index contributed by atoms with van der Waals surface area (Å²) in [5.41, 5.74) is 0. The van der Waals surface area contributed by atoms with Crippen molar-refractivity contribution in [1.82, 2.24) is 5.32 Å². The molecule has 0 spiro atoms. The molecule has 0 saturated heterocycles. The summed E-state index contributed by atoms with van der Waals surface area (Å²) in [6.45, 7) is 4.26. The highest BCUT2D eigenvalue weighted by Gasteiger charge is 2.20. The van der Waals surface area contributed by atoms with Gasteiger partial charge >= 0.3 is 0 Å². The van der Waals surface area contributed by atoms with Gasteiger partial charge in [0.1, 0.15) is 0 Å². The molecule has 1 amide bonds. The predicted molar refractivity (Wildman–Crippen MR) is 285 cm³/mol. The summed E-state index contributed by atoms with van der Waals surface area (Å²) in [7, 11) is 0. The Morgan fingerprint density at radius 3 is 1.03 bits per heavy atom. The Labute approximate surface area is 399 Å². The third-order valence-electron chi connectivity index (χ3n) is 12.7. The molecule has 372 valence electrons. The van der Waals surface area contributed by atoms with E-state index in [1.807, 2.05) is 0 Å². The van der Waals surface area contributed by atoms with Crippen molar-refractivity contribution < 1.29 is 15.0 Å². The van der Waals surface area contributed by atoms with Crippen molar-refractivity contribution in [2.75, 3.05) is 6.61 Å². The fourth-order valence-electron chi connectivity index (χ4n) is 8.48. The molecule has 0 saturated carbocycles. The fraction of sp³-hybridized carbons (Fsp3) is 0.783. The molecule has 0 rings (SSSR count). The van der Waals surface area contributed by atoms with E-state index in [-0.39, 0.29) is 12.5 Å². The van der Waals surface area contributed by atoms with Crippen LogP contribution in [0, 0.1) is 0 Å². The average molecular weight is 893 g/mol. The van der Waals surface area contributed by atoms with E-state index in [0.717, 1.165) is 64.2 Å². The molecule has 3 N–H and O–H groups in total. The van der Waals surface area contributed by atoms with Crippen molar-refractivity contribution in [2.45, 2.75) is 296 Å². The Bertz CT molecular complexity index is 1100. The molecule has 0 bridgehead atoms. The van der Waals surface area contributed by atoms with Crippen LogP contribution in [0.2, 0.25) is 0 Å². The quantitative estimate of drug-likeness (QED) is 0.0421. The van der Waals surface area contributed by atoms with Crippen LogP contribution in [0.1, 0.15) is 284 Å². The van der Waals surface area contributed by atoms with Gasteiger partial charge in [-0.2, -0.15) is 0 Å². The van der Waals surface area contributed by atoms with E-state index in [1.54, 1.807) is 0 Å². The first-order chi connectivity index (χ1) is 31.7. The summed E-state index contributed by atoms with van der Waals surface area (Å²) in [4.78, 5) is 12.5. The maximum atomic E-state index is 12.5. The smallest absolute Gasteiger partial charge is 0.220 e. The number of rotatable bonds is 51. The Hall–Kier alpha value is -2.17. The lowest BCUT2D eigenvalue weighted by molar-refractivity contribution is -0.123. The van der Waals surface area contributed by atoms with Crippen LogP contribution in [0.4, 0.5) is 0 Å². The summed E-state index contributed by atoms with van der Waals surface area (Å²) in [5, 5.41) is 23.3. The molecular weight excluding hydrogens is 783 g/mol. The first-order valence-electron chi connectivity index (χ1n) is 28.1. The number of hydrogen-bond donors (Lipinski definition) is 3. The van der Waals surface area contributed by atoms with Crippen LogP contribution in [0.25, 0.3) is 0 Å². The zero-order valence-electron chi connectivity index (χ0n) is 42.8. The van der Waals surface area contributed by atoms with Gasteiger partial charge in [-0.25, -0.2) is 0 Å². The van der Waals surface area contributed by atoms with Crippen LogP contribution in [0.3, 0.4) is 0 Å². The zero-order chi connectivity index (χ0) is 46.3. The van der Waals surface area contributed by atoms with Gasteiger partial charge in [0.25, 0.3) is 0 Å². The molecule has 64 heavy (non-hydrogen) atoms. The summed E-state index contributed by atoms with van der Waals surface area (Å²) < 4.78 is 0. The second-order valence-electron chi connectivity index (χ2n) is 19.0. The molecule has 0 aromatic heterocycles. The molecule has 2 atom stereocenters. The van der Waals surface area contributed by atoms with Crippen LogP contribution < -0.4 is 5.32 Å². The van der Waals surface area contributed by atoms with Crippen molar-refractivity contribution in [3.63, 3.8) is 0 Å². The van der Waals surface area contributed by atoms with E-state index in [0.29, 0.717) is 12.8 Å². The molecule has 2 unspecified atom stereocenters. The number of carbonyl (C=O) groups excluding carboxylic acids is 1. The van der Waals surface area contributed by atoms with E-state index < -0.39 is 12.1 Å². The number of amides is 1. The largest absolute Gasteiger partial charge is 0.394 e. The van der Waals surface area contributed by atoms with E-state index in [4.69, 9.17) is 0 Å². The fourth-order valence-corrected chi connectivity index (χ4v) is 8.48. The normalized spacial score (nSPS) is 13.4. The van der Waals surface area contributed by atoms with E-state index in [9.17, 15) is 15.0 Å². The van der Waals surface area contributed by atoms with E-state index in [1.165, 1.54) is 193 Å². The highest BCUT2D eigenvalue weighted by Crippen LogP contribution is 2.17. The Balaban J connectivity index is 3.47. The number of nitrogens with one attached hydrogen (secondary N) is 1. The first kappa shape index (κ1) is 61.8. The van der Waals surface area contributed by atoms with E-state index in [2.05, 4.69) is 92.1 Å². The summed E-state index contributed by atoms with van der Waals surface area (Å²) in [6.07, 6.45) is 78.8. The molecule has 0 aliphatic rings. The van der Waals surface area contributed by atoms with Gasteiger partial charge in [0.05, 0.1) is 18.8 Å². The average Bonchev–Trinajstić information content (AvgIpc) is 3.30. The van der Waals surface area contributed by atoms with Crippen LogP contribution in [-0.2, 0) is 4.79 Å². The molecule has 0 radical (unpaired) electrons.